The zero-order chi connectivity index (χ0) is 31.8. The van der Waals surface area contributed by atoms with Gasteiger partial charge in [-0.15, -0.1) is 0 Å². The van der Waals surface area contributed by atoms with Crippen LogP contribution in [0.15, 0.2) is 29.2 Å². The summed E-state index contributed by atoms with van der Waals surface area (Å²) in [6, 6.07) is 5.35. The third-order valence-electron chi connectivity index (χ3n) is 7.61. The van der Waals surface area contributed by atoms with Crippen LogP contribution in [0.25, 0.3) is 11.3 Å². The van der Waals surface area contributed by atoms with Gasteiger partial charge in [-0.2, -0.15) is 0 Å². The second-order valence-corrected chi connectivity index (χ2v) is 12.8. The van der Waals surface area contributed by atoms with E-state index in [1.165, 1.54) is 6.07 Å². The Morgan fingerprint density at radius 2 is 1.65 bits per heavy atom. The first-order valence-corrected chi connectivity index (χ1v) is 15.3. The van der Waals surface area contributed by atoms with Crippen molar-refractivity contribution in [2.24, 2.45) is 5.41 Å². The van der Waals surface area contributed by atoms with Crippen LogP contribution in [0.5, 0.6) is 11.5 Å². The summed E-state index contributed by atoms with van der Waals surface area (Å²) in [7, 11) is 3.27. The third kappa shape index (κ3) is 9.08. The van der Waals surface area contributed by atoms with E-state index in [0.29, 0.717) is 43.2 Å². The second kappa shape index (κ2) is 14.9. The smallest absolute Gasteiger partial charge is 0.343 e. The summed E-state index contributed by atoms with van der Waals surface area (Å²) in [5.41, 5.74) is 1.50. The molecule has 0 bridgehead atoms. The number of nitrogens with zero attached hydrogens (tertiary/aromatic N) is 1. The highest BCUT2D eigenvalue weighted by atomic mass is 16.6. The van der Waals surface area contributed by atoms with Crippen molar-refractivity contribution in [2.75, 3.05) is 34.0 Å². The zero-order valence-electron chi connectivity index (χ0n) is 27.2. The molecule has 2 heterocycles. The van der Waals surface area contributed by atoms with E-state index >= 15 is 0 Å². The molecule has 43 heavy (non-hydrogen) atoms. The molecule has 0 saturated carbocycles. The molecule has 3 rings (SSSR count). The Balaban J connectivity index is 1.75. The van der Waals surface area contributed by atoms with Crippen LogP contribution < -0.4 is 14.9 Å². The van der Waals surface area contributed by atoms with Crippen molar-refractivity contribution in [3.63, 3.8) is 0 Å². The van der Waals surface area contributed by atoms with Crippen LogP contribution >= 0.6 is 0 Å². The van der Waals surface area contributed by atoms with Gasteiger partial charge in [-0.05, 0) is 64.7 Å². The van der Waals surface area contributed by atoms with E-state index in [1.807, 2.05) is 37.5 Å². The highest BCUT2D eigenvalue weighted by Crippen LogP contribution is 2.46. The number of aromatic nitrogens is 1. The molecular formula is C34H49NO8. The Morgan fingerprint density at radius 1 is 0.953 bits per heavy atom. The molecule has 238 valence electrons. The van der Waals surface area contributed by atoms with Gasteiger partial charge < -0.3 is 28.3 Å². The monoisotopic (exact) mass is 599 g/mol. The summed E-state index contributed by atoms with van der Waals surface area (Å²) < 4.78 is 30.0. The SMILES string of the molecule is CCOC(=O)c1cn2c(cc1=O)-c1cc(OC)c(OCCCCCCCC(=O)OC(C)(C)C)cc1CC2C(C)(C)COC. The van der Waals surface area contributed by atoms with Gasteiger partial charge in [0, 0.05) is 42.8 Å². The van der Waals surface area contributed by atoms with E-state index in [1.54, 1.807) is 27.3 Å². The maximum absolute atomic E-state index is 13.1. The molecule has 0 N–H and O–H groups in total. The topological polar surface area (TPSA) is 102 Å². The first-order valence-electron chi connectivity index (χ1n) is 15.3. The van der Waals surface area contributed by atoms with Gasteiger partial charge in [-0.3, -0.25) is 9.59 Å². The molecule has 1 atom stereocenters. The third-order valence-corrected chi connectivity index (χ3v) is 7.61. The molecule has 0 radical (unpaired) electrons. The summed E-state index contributed by atoms with van der Waals surface area (Å²) in [5.74, 6) is 0.476. The Morgan fingerprint density at radius 3 is 2.30 bits per heavy atom. The average Bonchev–Trinajstić information content (AvgIpc) is 2.92. The number of rotatable bonds is 15. The van der Waals surface area contributed by atoms with Crippen molar-refractivity contribution < 1.29 is 33.3 Å². The van der Waals surface area contributed by atoms with Crippen LogP contribution in [0.3, 0.4) is 0 Å². The minimum Gasteiger partial charge on any atom is -0.493 e. The van der Waals surface area contributed by atoms with Gasteiger partial charge in [0.05, 0.1) is 32.6 Å². The van der Waals surface area contributed by atoms with Crippen LogP contribution in [0.2, 0.25) is 0 Å². The van der Waals surface area contributed by atoms with Gasteiger partial charge in [0.25, 0.3) is 0 Å². The van der Waals surface area contributed by atoms with Crippen LogP contribution in [0.4, 0.5) is 0 Å². The molecule has 1 unspecified atom stereocenters. The molecule has 0 spiro atoms. The molecule has 1 aromatic carbocycles. The molecule has 1 aromatic heterocycles. The van der Waals surface area contributed by atoms with Crippen molar-refractivity contribution in [1.29, 1.82) is 0 Å². The fraction of sp³-hybridized carbons (Fsp3) is 0.618. The maximum Gasteiger partial charge on any atom is 0.343 e. The predicted octanol–water partition coefficient (Wildman–Crippen LogP) is 6.53. The number of benzene rings is 1. The normalized spacial score (nSPS) is 14.5. The van der Waals surface area contributed by atoms with E-state index in [0.717, 1.165) is 43.2 Å². The molecule has 0 fully saturated rings. The Hall–Kier alpha value is -3.33. The minimum atomic E-state index is -0.624. The lowest BCUT2D eigenvalue weighted by molar-refractivity contribution is -0.154. The lowest BCUT2D eigenvalue weighted by Crippen LogP contribution is -2.37. The molecule has 0 aliphatic carbocycles. The van der Waals surface area contributed by atoms with E-state index in [9.17, 15) is 14.4 Å². The number of pyridine rings is 1. The minimum absolute atomic E-state index is 0.0176. The Labute approximate surface area is 255 Å². The number of fused-ring (bicyclic) bond motifs is 3. The van der Waals surface area contributed by atoms with Crippen molar-refractivity contribution in [3.8, 4) is 22.8 Å². The number of hydrogen-bond donors (Lipinski definition) is 0. The molecule has 9 nitrogen and oxygen atoms in total. The highest BCUT2D eigenvalue weighted by molar-refractivity contribution is 5.89. The number of esters is 2. The van der Waals surface area contributed by atoms with E-state index < -0.39 is 11.6 Å². The molecular weight excluding hydrogens is 550 g/mol. The highest BCUT2D eigenvalue weighted by Gasteiger charge is 2.37. The van der Waals surface area contributed by atoms with Crippen LogP contribution in [0.1, 0.15) is 102 Å². The van der Waals surface area contributed by atoms with Crippen LogP contribution in [-0.4, -0.2) is 56.1 Å². The van der Waals surface area contributed by atoms with Gasteiger partial charge in [0.1, 0.15) is 11.2 Å². The van der Waals surface area contributed by atoms with Gasteiger partial charge in [-0.1, -0.05) is 33.1 Å². The largest absolute Gasteiger partial charge is 0.493 e. The first kappa shape index (κ1) is 34.2. The maximum atomic E-state index is 13.1. The van der Waals surface area contributed by atoms with Gasteiger partial charge >= 0.3 is 11.9 Å². The van der Waals surface area contributed by atoms with E-state index in [-0.39, 0.29) is 35.0 Å². The molecule has 9 heteroatoms. The molecule has 1 aliphatic heterocycles. The molecule has 2 aromatic rings. The molecule has 0 amide bonds. The fourth-order valence-electron chi connectivity index (χ4n) is 5.57. The zero-order valence-corrected chi connectivity index (χ0v) is 27.2. The summed E-state index contributed by atoms with van der Waals surface area (Å²) in [6.07, 6.45) is 7.41. The van der Waals surface area contributed by atoms with E-state index in [4.69, 9.17) is 23.7 Å². The van der Waals surface area contributed by atoms with Gasteiger partial charge in [-0.25, -0.2) is 4.79 Å². The first-order chi connectivity index (χ1) is 20.3. The summed E-state index contributed by atoms with van der Waals surface area (Å²) in [6.45, 7) is 12.8. The number of ether oxygens (including phenoxy) is 5. The van der Waals surface area contributed by atoms with Crippen LogP contribution in [-0.2, 0) is 25.4 Å². The number of methoxy groups -OCH3 is 2. The van der Waals surface area contributed by atoms with Crippen molar-refractivity contribution in [3.05, 3.63) is 45.7 Å². The number of carbonyl (C=O) groups excluding carboxylic acids is 2. The quantitative estimate of drug-likeness (QED) is 0.168. The van der Waals surface area contributed by atoms with E-state index in [2.05, 4.69) is 13.8 Å². The number of unbranched alkanes of at least 4 members (excludes halogenated alkanes) is 4. The standard InChI is InChI=1S/C34H49NO8/c1-9-41-32(38)25-21-35-26(20-27(25)36)24-19-28(40-8)29(17-23(24)18-30(35)34(5,6)22-39-7)42-16-14-12-10-11-13-15-31(37)43-33(2,3)4/h17,19-21,30H,9-16,18,22H2,1-8H3. The molecule has 0 saturated heterocycles. The Bertz CT molecular complexity index is 1320. The van der Waals surface area contributed by atoms with Crippen molar-refractivity contribution >= 4 is 11.9 Å². The number of hydrogen-bond acceptors (Lipinski definition) is 8. The summed E-state index contributed by atoms with van der Waals surface area (Å²) in [5, 5.41) is 0. The lowest BCUT2D eigenvalue weighted by atomic mass is 9.77. The Kier molecular flexibility index (Phi) is 11.8. The van der Waals surface area contributed by atoms with Crippen LogP contribution in [0, 0.1) is 5.41 Å². The fourth-order valence-corrected chi connectivity index (χ4v) is 5.57. The second-order valence-electron chi connectivity index (χ2n) is 12.8. The molecule has 1 aliphatic rings. The van der Waals surface area contributed by atoms with Crippen molar-refractivity contribution in [1.82, 2.24) is 4.57 Å². The van der Waals surface area contributed by atoms with Gasteiger partial charge in [0.15, 0.2) is 16.9 Å². The van der Waals surface area contributed by atoms with Crippen molar-refractivity contribution in [2.45, 2.75) is 98.1 Å². The average molecular weight is 600 g/mol. The van der Waals surface area contributed by atoms with Gasteiger partial charge in [0.2, 0.25) is 0 Å². The predicted molar refractivity (Wildman–Crippen MR) is 166 cm³/mol. The summed E-state index contributed by atoms with van der Waals surface area (Å²) >= 11 is 0. The number of carbonyl (C=O) groups is 2. The lowest BCUT2D eigenvalue weighted by Gasteiger charge is -2.40. The summed E-state index contributed by atoms with van der Waals surface area (Å²) in [4.78, 5) is 37.5.